The molecular formula is C38H20S4. The average molecular weight is 605 g/mol. The fraction of sp³-hybridized carbons (Fsp3) is 0. The summed E-state index contributed by atoms with van der Waals surface area (Å²) in [7, 11) is 0. The lowest BCUT2D eigenvalue weighted by Gasteiger charge is -1.89. The van der Waals surface area contributed by atoms with Crippen LogP contribution in [0.3, 0.4) is 0 Å². The Labute approximate surface area is 259 Å². The molecule has 0 atom stereocenters. The largest absolute Gasteiger partial charge is 0.136 e. The smallest absolute Gasteiger partial charge is 0.0784 e. The van der Waals surface area contributed by atoms with E-state index < -0.39 is 0 Å². The molecule has 4 heterocycles. The predicted octanol–water partition coefficient (Wildman–Crippen LogP) is 11.5. The molecule has 0 saturated heterocycles. The number of benzene rings is 4. The van der Waals surface area contributed by atoms with Crippen LogP contribution >= 0.6 is 45.3 Å². The van der Waals surface area contributed by atoms with Crippen LogP contribution < -0.4 is 0 Å². The Morgan fingerprint density at radius 1 is 0.381 bits per heavy atom. The molecule has 0 unspecified atom stereocenters. The van der Waals surface area contributed by atoms with Crippen molar-refractivity contribution in [1.82, 2.24) is 0 Å². The molecular weight excluding hydrogens is 585 g/mol. The Morgan fingerprint density at radius 3 is 1.19 bits per heavy atom. The molecule has 0 amide bonds. The summed E-state index contributed by atoms with van der Waals surface area (Å²) in [6.45, 7) is 0. The molecule has 8 aromatic rings. The zero-order chi connectivity index (χ0) is 27.9. The average Bonchev–Trinajstić information content (AvgIpc) is 3.80. The maximum atomic E-state index is 3.34. The van der Waals surface area contributed by atoms with E-state index in [1.165, 1.54) is 50.1 Å². The van der Waals surface area contributed by atoms with Crippen molar-refractivity contribution >= 4 is 97.8 Å². The van der Waals surface area contributed by atoms with Gasteiger partial charge in [0.1, 0.15) is 0 Å². The highest BCUT2D eigenvalue weighted by Crippen LogP contribution is 2.37. The van der Waals surface area contributed by atoms with Gasteiger partial charge in [0.25, 0.3) is 0 Å². The number of fused-ring (bicyclic) bond motifs is 4. The van der Waals surface area contributed by atoms with Crippen molar-refractivity contribution in [2.45, 2.75) is 0 Å². The summed E-state index contributed by atoms with van der Waals surface area (Å²) in [5, 5.41) is 5.11. The van der Waals surface area contributed by atoms with Gasteiger partial charge in [-0.1, -0.05) is 60.1 Å². The van der Waals surface area contributed by atoms with E-state index in [1.54, 1.807) is 22.7 Å². The van der Waals surface area contributed by atoms with Gasteiger partial charge in [-0.15, -0.1) is 45.3 Å². The Kier molecular flexibility index (Phi) is 6.49. The van der Waals surface area contributed by atoms with Gasteiger partial charge in [0.05, 0.1) is 9.75 Å². The molecule has 196 valence electrons. The molecule has 4 heteroatoms. The van der Waals surface area contributed by atoms with Crippen LogP contribution in [0, 0.1) is 23.7 Å². The van der Waals surface area contributed by atoms with Crippen molar-refractivity contribution in [3.63, 3.8) is 0 Å². The number of thiophene rings is 4. The van der Waals surface area contributed by atoms with Gasteiger partial charge >= 0.3 is 0 Å². The molecule has 0 bridgehead atoms. The predicted molar refractivity (Wildman–Crippen MR) is 188 cm³/mol. The van der Waals surface area contributed by atoms with Gasteiger partial charge in [0.15, 0.2) is 0 Å². The fourth-order valence-corrected chi connectivity index (χ4v) is 8.84. The summed E-state index contributed by atoms with van der Waals surface area (Å²) in [5.41, 5.74) is 2.09. The molecule has 4 aromatic carbocycles. The Morgan fingerprint density at radius 2 is 0.762 bits per heavy atom. The minimum absolute atomic E-state index is 1.05. The van der Waals surface area contributed by atoms with Gasteiger partial charge in [0.2, 0.25) is 0 Å². The quantitative estimate of drug-likeness (QED) is 0.172. The van der Waals surface area contributed by atoms with Crippen molar-refractivity contribution in [3.05, 3.63) is 140 Å². The van der Waals surface area contributed by atoms with E-state index >= 15 is 0 Å². The first-order valence-electron chi connectivity index (χ1n) is 13.5. The second kappa shape index (κ2) is 10.8. The molecule has 0 aliphatic rings. The Bertz CT molecular complexity index is 2130. The molecule has 0 aliphatic carbocycles. The van der Waals surface area contributed by atoms with Crippen LogP contribution in [0.25, 0.3) is 52.5 Å². The van der Waals surface area contributed by atoms with E-state index in [9.17, 15) is 0 Å². The van der Waals surface area contributed by atoms with Crippen LogP contribution in [0.2, 0.25) is 0 Å². The highest BCUT2D eigenvalue weighted by Gasteiger charge is 2.08. The van der Waals surface area contributed by atoms with Crippen LogP contribution in [-0.2, 0) is 0 Å². The van der Waals surface area contributed by atoms with Crippen molar-refractivity contribution in [1.29, 1.82) is 0 Å². The molecule has 0 spiro atoms. The monoisotopic (exact) mass is 604 g/mol. The molecule has 0 fully saturated rings. The van der Waals surface area contributed by atoms with Gasteiger partial charge < -0.3 is 0 Å². The zero-order valence-electron chi connectivity index (χ0n) is 22.2. The first-order chi connectivity index (χ1) is 20.7. The Balaban J connectivity index is 1.03. The molecule has 42 heavy (non-hydrogen) atoms. The molecule has 8 rings (SSSR count). The second-order valence-electron chi connectivity index (χ2n) is 9.94. The fourth-order valence-electron chi connectivity index (χ4n) is 4.95. The van der Waals surface area contributed by atoms with Gasteiger partial charge in [-0.25, -0.2) is 0 Å². The van der Waals surface area contributed by atoms with E-state index in [2.05, 4.69) is 84.4 Å². The van der Waals surface area contributed by atoms with Crippen LogP contribution in [0.4, 0.5) is 0 Å². The maximum absolute atomic E-state index is 3.34. The van der Waals surface area contributed by atoms with Crippen molar-refractivity contribution in [2.24, 2.45) is 0 Å². The second-order valence-corrected chi connectivity index (χ2v) is 14.3. The molecule has 0 aliphatic heterocycles. The van der Waals surface area contributed by atoms with Crippen LogP contribution in [0.1, 0.15) is 30.6 Å². The molecule has 0 N–H and O–H groups in total. The SMILES string of the molecule is C(#Cc1cc2cc3sc(/C=C/c4cc5cc6sc(C#Cc7ccccc7)cc6cc5s4)cc3cc2s1)c1ccccc1. The zero-order valence-corrected chi connectivity index (χ0v) is 25.4. The third-order valence-electron chi connectivity index (χ3n) is 6.97. The lowest BCUT2D eigenvalue weighted by molar-refractivity contribution is 1.65. The van der Waals surface area contributed by atoms with E-state index in [4.69, 9.17) is 0 Å². The normalized spacial score (nSPS) is 11.3. The van der Waals surface area contributed by atoms with Gasteiger partial charge in [-0.05, 0) is 106 Å². The van der Waals surface area contributed by atoms with E-state index in [0.29, 0.717) is 0 Å². The van der Waals surface area contributed by atoms with E-state index in [-0.39, 0.29) is 0 Å². The summed E-state index contributed by atoms with van der Waals surface area (Å²) in [6.07, 6.45) is 4.50. The summed E-state index contributed by atoms with van der Waals surface area (Å²) < 4.78 is 5.19. The lowest BCUT2D eigenvalue weighted by Crippen LogP contribution is -1.70. The van der Waals surface area contributed by atoms with Crippen LogP contribution in [-0.4, -0.2) is 0 Å². The highest BCUT2D eigenvalue weighted by atomic mass is 32.1. The van der Waals surface area contributed by atoms with Crippen molar-refractivity contribution < 1.29 is 0 Å². The van der Waals surface area contributed by atoms with Crippen LogP contribution in [0.5, 0.6) is 0 Å². The summed E-state index contributed by atoms with van der Waals surface area (Å²) in [6, 6.07) is 38.6. The number of hydrogen-bond acceptors (Lipinski definition) is 4. The lowest BCUT2D eigenvalue weighted by atomic mass is 10.2. The summed E-state index contributed by atoms with van der Waals surface area (Å²) in [5.74, 6) is 13.2. The van der Waals surface area contributed by atoms with Gasteiger partial charge in [-0.2, -0.15) is 0 Å². The molecule has 0 radical (unpaired) electrons. The number of hydrogen-bond donors (Lipinski definition) is 0. The standard InChI is InChI=1S/C38H20S4/c1-3-7-25(8-4-1)11-13-31-17-27-21-37-29(23-35(27)39-31)19-33(41-37)15-16-34-20-30-24-36-28(22-38(30)42-34)18-32(40-36)14-12-26-9-5-2-6-10-26/h1-10,15-24H/b16-15+. The molecule has 0 nitrogen and oxygen atoms in total. The van der Waals surface area contributed by atoms with Gasteiger partial charge in [-0.3, -0.25) is 0 Å². The Hall–Kier alpha value is -4.42. The minimum atomic E-state index is 1.05. The minimum Gasteiger partial charge on any atom is -0.136 e. The third kappa shape index (κ3) is 5.19. The third-order valence-corrected chi connectivity index (χ3v) is 11.1. The summed E-state index contributed by atoms with van der Waals surface area (Å²) >= 11 is 7.21. The van der Waals surface area contributed by atoms with Crippen molar-refractivity contribution in [2.75, 3.05) is 0 Å². The van der Waals surface area contributed by atoms with Crippen LogP contribution in [0.15, 0.2) is 109 Å². The topological polar surface area (TPSA) is 0 Å². The first-order valence-corrected chi connectivity index (χ1v) is 16.7. The number of rotatable bonds is 2. The molecule has 0 saturated carbocycles. The highest BCUT2D eigenvalue weighted by molar-refractivity contribution is 7.22. The van der Waals surface area contributed by atoms with E-state index in [1.807, 2.05) is 83.3 Å². The summed E-state index contributed by atoms with van der Waals surface area (Å²) in [4.78, 5) is 4.75. The van der Waals surface area contributed by atoms with E-state index in [0.717, 1.165) is 20.9 Å². The van der Waals surface area contributed by atoms with Gasteiger partial charge in [0, 0.05) is 39.7 Å². The maximum Gasteiger partial charge on any atom is 0.0784 e. The first kappa shape index (κ1) is 25.3. The molecule has 4 aromatic heterocycles. The van der Waals surface area contributed by atoms with Crippen molar-refractivity contribution in [3.8, 4) is 23.7 Å².